The summed E-state index contributed by atoms with van der Waals surface area (Å²) in [5, 5.41) is 0. The molecule has 0 spiro atoms. The van der Waals surface area contributed by atoms with E-state index in [4.69, 9.17) is 0 Å². The van der Waals surface area contributed by atoms with E-state index in [1.54, 1.807) is 0 Å². The number of hydrogen-bond acceptors (Lipinski definition) is 2. The SMILES string of the molecule is CCc1cc(C(C)C)nc(C2CC2)n1. The predicted molar refractivity (Wildman–Crippen MR) is 57.5 cm³/mol. The highest BCUT2D eigenvalue weighted by atomic mass is 14.9. The summed E-state index contributed by atoms with van der Waals surface area (Å²) >= 11 is 0. The molecule has 1 aromatic heterocycles. The van der Waals surface area contributed by atoms with Gasteiger partial charge in [-0.1, -0.05) is 20.8 Å². The molecule has 0 radical (unpaired) electrons. The van der Waals surface area contributed by atoms with Gasteiger partial charge in [0, 0.05) is 17.3 Å². The minimum absolute atomic E-state index is 0.515. The van der Waals surface area contributed by atoms with Crippen LogP contribution in [0.15, 0.2) is 6.07 Å². The lowest BCUT2D eigenvalue weighted by atomic mass is 10.1. The van der Waals surface area contributed by atoms with E-state index in [-0.39, 0.29) is 0 Å². The van der Waals surface area contributed by atoms with Gasteiger partial charge in [0.15, 0.2) is 0 Å². The summed E-state index contributed by atoms with van der Waals surface area (Å²) < 4.78 is 0. The first-order valence-electron chi connectivity index (χ1n) is 5.58. The van der Waals surface area contributed by atoms with Gasteiger partial charge in [-0.15, -0.1) is 0 Å². The van der Waals surface area contributed by atoms with E-state index in [9.17, 15) is 0 Å². The molecule has 0 aromatic carbocycles. The van der Waals surface area contributed by atoms with Gasteiger partial charge in [-0.05, 0) is 31.2 Å². The molecule has 1 aliphatic rings. The van der Waals surface area contributed by atoms with Crippen molar-refractivity contribution in [1.29, 1.82) is 0 Å². The highest BCUT2D eigenvalue weighted by Gasteiger charge is 2.27. The molecule has 1 heterocycles. The van der Waals surface area contributed by atoms with Gasteiger partial charge in [0.25, 0.3) is 0 Å². The summed E-state index contributed by atoms with van der Waals surface area (Å²) in [6, 6.07) is 2.15. The van der Waals surface area contributed by atoms with E-state index in [0.717, 1.165) is 12.2 Å². The molecule has 1 fully saturated rings. The van der Waals surface area contributed by atoms with Crippen molar-refractivity contribution in [2.24, 2.45) is 0 Å². The number of rotatable bonds is 3. The zero-order chi connectivity index (χ0) is 10.1. The smallest absolute Gasteiger partial charge is 0.131 e. The summed E-state index contributed by atoms with van der Waals surface area (Å²) in [6.07, 6.45) is 3.58. The Hall–Kier alpha value is -0.920. The normalized spacial score (nSPS) is 16.3. The van der Waals surface area contributed by atoms with Crippen LogP contribution >= 0.6 is 0 Å². The van der Waals surface area contributed by atoms with Crippen LogP contribution in [0.4, 0.5) is 0 Å². The second-order valence-corrected chi connectivity index (χ2v) is 4.42. The molecule has 2 nitrogen and oxygen atoms in total. The van der Waals surface area contributed by atoms with Crippen molar-refractivity contribution in [3.05, 3.63) is 23.3 Å². The molecule has 0 amide bonds. The molecule has 1 aliphatic carbocycles. The second-order valence-electron chi connectivity index (χ2n) is 4.42. The monoisotopic (exact) mass is 190 g/mol. The Bertz CT molecular complexity index is 307. The Labute approximate surface area is 85.8 Å². The Morgan fingerprint density at radius 1 is 1.36 bits per heavy atom. The van der Waals surface area contributed by atoms with Gasteiger partial charge in [-0.25, -0.2) is 9.97 Å². The fraction of sp³-hybridized carbons (Fsp3) is 0.667. The van der Waals surface area contributed by atoms with Crippen LogP contribution in [0.25, 0.3) is 0 Å². The zero-order valence-electron chi connectivity index (χ0n) is 9.25. The quantitative estimate of drug-likeness (QED) is 0.732. The van der Waals surface area contributed by atoms with Gasteiger partial charge in [0.1, 0.15) is 5.82 Å². The lowest BCUT2D eigenvalue weighted by Crippen LogP contribution is -2.03. The summed E-state index contributed by atoms with van der Waals surface area (Å²) in [5.74, 6) is 2.27. The van der Waals surface area contributed by atoms with Crippen molar-refractivity contribution in [1.82, 2.24) is 9.97 Å². The predicted octanol–water partition coefficient (Wildman–Crippen LogP) is 3.04. The molecule has 0 atom stereocenters. The Kier molecular flexibility index (Phi) is 2.53. The second kappa shape index (κ2) is 3.68. The van der Waals surface area contributed by atoms with Gasteiger partial charge in [-0.3, -0.25) is 0 Å². The van der Waals surface area contributed by atoms with Crippen molar-refractivity contribution >= 4 is 0 Å². The van der Waals surface area contributed by atoms with E-state index in [2.05, 4.69) is 36.8 Å². The molecule has 0 N–H and O–H groups in total. The Morgan fingerprint density at radius 2 is 2.07 bits per heavy atom. The molecular weight excluding hydrogens is 172 g/mol. The maximum absolute atomic E-state index is 4.63. The van der Waals surface area contributed by atoms with E-state index < -0.39 is 0 Å². The van der Waals surface area contributed by atoms with Crippen molar-refractivity contribution < 1.29 is 0 Å². The highest BCUT2D eigenvalue weighted by Crippen LogP contribution is 2.38. The van der Waals surface area contributed by atoms with Crippen LogP contribution in [-0.4, -0.2) is 9.97 Å². The third kappa shape index (κ3) is 1.94. The summed E-state index contributed by atoms with van der Waals surface area (Å²) in [4.78, 5) is 9.22. The van der Waals surface area contributed by atoms with Gasteiger partial charge in [0.05, 0.1) is 0 Å². The fourth-order valence-electron chi connectivity index (χ4n) is 1.54. The van der Waals surface area contributed by atoms with E-state index in [0.29, 0.717) is 11.8 Å². The van der Waals surface area contributed by atoms with Crippen molar-refractivity contribution in [3.63, 3.8) is 0 Å². The van der Waals surface area contributed by atoms with Crippen LogP contribution in [0.5, 0.6) is 0 Å². The topological polar surface area (TPSA) is 25.8 Å². The number of aromatic nitrogens is 2. The van der Waals surface area contributed by atoms with Gasteiger partial charge in [0.2, 0.25) is 0 Å². The molecule has 0 saturated heterocycles. The van der Waals surface area contributed by atoms with E-state index >= 15 is 0 Å². The van der Waals surface area contributed by atoms with Crippen LogP contribution in [0.3, 0.4) is 0 Å². The first-order valence-corrected chi connectivity index (χ1v) is 5.58. The van der Waals surface area contributed by atoms with Crippen LogP contribution in [0.1, 0.15) is 62.7 Å². The Morgan fingerprint density at radius 3 is 2.57 bits per heavy atom. The number of nitrogens with zero attached hydrogens (tertiary/aromatic N) is 2. The zero-order valence-corrected chi connectivity index (χ0v) is 9.25. The summed E-state index contributed by atoms with van der Waals surface area (Å²) in [6.45, 7) is 6.54. The first kappa shape index (κ1) is 9.63. The highest BCUT2D eigenvalue weighted by molar-refractivity contribution is 5.18. The van der Waals surface area contributed by atoms with Crippen LogP contribution < -0.4 is 0 Å². The third-order valence-electron chi connectivity index (χ3n) is 2.71. The average Bonchev–Trinajstić information content (AvgIpc) is 3.00. The molecule has 0 bridgehead atoms. The molecule has 2 heteroatoms. The maximum atomic E-state index is 4.63. The van der Waals surface area contributed by atoms with Gasteiger partial charge < -0.3 is 0 Å². The lowest BCUT2D eigenvalue weighted by molar-refractivity contribution is 0.767. The van der Waals surface area contributed by atoms with Gasteiger partial charge >= 0.3 is 0 Å². The number of hydrogen-bond donors (Lipinski definition) is 0. The van der Waals surface area contributed by atoms with Crippen molar-refractivity contribution in [2.45, 2.75) is 51.9 Å². The molecule has 0 unspecified atom stereocenters. The lowest BCUT2D eigenvalue weighted by Gasteiger charge is -2.08. The van der Waals surface area contributed by atoms with Gasteiger partial charge in [-0.2, -0.15) is 0 Å². The van der Waals surface area contributed by atoms with Crippen LogP contribution in [0, 0.1) is 0 Å². The molecule has 1 aromatic rings. The van der Waals surface area contributed by atoms with Crippen LogP contribution in [-0.2, 0) is 6.42 Å². The van der Waals surface area contributed by atoms with Crippen molar-refractivity contribution in [3.8, 4) is 0 Å². The summed E-state index contributed by atoms with van der Waals surface area (Å²) in [5.41, 5.74) is 2.41. The third-order valence-corrected chi connectivity index (χ3v) is 2.71. The molecule has 76 valence electrons. The van der Waals surface area contributed by atoms with E-state index in [1.165, 1.54) is 24.2 Å². The number of aryl methyl sites for hydroxylation is 1. The van der Waals surface area contributed by atoms with Crippen molar-refractivity contribution in [2.75, 3.05) is 0 Å². The molecule has 2 rings (SSSR count). The molecule has 1 saturated carbocycles. The summed E-state index contributed by atoms with van der Waals surface area (Å²) in [7, 11) is 0. The standard InChI is InChI=1S/C12H18N2/c1-4-10-7-11(8(2)3)14-12(13-10)9-5-6-9/h7-9H,4-6H2,1-3H3. The molecule has 0 aliphatic heterocycles. The first-order chi connectivity index (χ1) is 6.70. The average molecular weight is 190 g/mol. The maximum Gasteiger partial charge on any atom is 0.131 e. The minimum Gasteiger partial charge on any atom is -0.238 e. The van der Waals surface area contributed by atoms with Crippen LogP contribution in [0.2, 0.25) is 0 Å². The van der Waals surface area contributed by atoms with E-state index in [1.807, 2.05) is 0 Å². The minimum atomic E-state index is 0.515. The fourth-order valence-corrected chi connectivity index (χ4v) is 1.54. The largest absolute Gasteiger partial charge is 0.238 e. The molecule has 14 heavy (non-hydrogen) atoms. The molecular formula is C12H18N2. The Balaban J connectivity index is 2.35.